The second-order valence-corrected chi connectivity index (χ2v) is 5.62. The monoisotopic (exact) mass is 267 g/mol. The van der Waals surface area contributed by atoms with Gasteiger partial charge in [-0.15, -0.1) is 0 Å². The predicted octanol–water partition coefficient (Wildman–Crippen LogP) is 1.62. The summed E-state index contributed by atoms with van der Waals surface area (Å²) in [5.41, 5.74) is 1.97. The van der Waals surface area contributed by atoms with Gasteiger partial charge in [0.15, 0.2) is 5.65 Å². The predicted molar refractivity (Wildman–Crippen MR) is 70.9 cm³/mol. The first-order valence-electron chi connectivity index (χ1n) is 6.79. The normalized spacial score (nSPS) is 19.6. The molecule has 0 saturated heterocycles. The first-order valence-corrected chi connectivity index (χ1v) is 6.79. The lowest BCUT2D eigenvalue weighted by molar-refractivity contribution is 0.0943. The lowest BCUT2D eigenvalue weighted by Gasteiger charge is -2.07. The van der Waals surface area contributed by atoms with Gasteiger partial charge in [-0.1, -0.05) is 0 Å². The number of nitriles is 1. The molecule has 6 nitrogen and oxygen atoms in total. The minimum Gasteiger partial charge on any atom is -0.344 e. The zero-order chi connectivity index (χ0) is 13.7. The smallest absolute Gasteiger partial charge is 0.256 e. The van der Waals surface area contributed by atoms with Crippen LogP contribution in [-0.4, -0.2) is 26.4 Å². The number of rotatable bonds is 3. The van der Waals surface area contributed by atoms with Crippen molar-refractivity contribution in [3.8, 4) is 6.07 Å². The Balaban J connectivity index is 1.70. The molecule has 20 heavy (non-hydrogen) atoms. The van der Waals surface area contributed by atoms with Gasteiger partial charge in [0.25, 0.3) is 5.91 Å². The summed E-state index contributed by atoms with van der Waals surface area (Å²) in [5.74, 6) is 0.240. The van der Waals surface area contributed by atoms with Gasteiger partial charge >= 0.3 is 0 Å². The van der Waals surface area contributed by atoms with E-state index < -0.39 is 5.54 Å². The molecule has 0 atom stereocenters. The zero-order valence-electron chi connectivity index (χ0n) is 10.8. The molecule has 0 spiro atoms. The van der Waals surface area contributed by atoms with Gasteiger partial charge in [-0.05, 0) is 25.7 Å². The minimum absolute atomic E-state index is 0.252. The molecule has 0 unspecified atom stereocenters. The van der Waals surface area contributed by atoms with E-state index in [1.165, 1.54) is 0 Å². The van der Waals surface area contributed by atoms with E-state index in [9.17, 15) is 4.79 Å². The molecular formula is C14H13N5O. The average Bonchev–Trinajstić information content (AvgIpc) is 3.37. The van der Waals surface area contributed by atoms with Crippen molar-refractivity contribution >= 4 is 17.1 Å². The van der Waals surface area contributed by atoms with Crippen LogP contribution in [0.4, 0.5) is 0 Å². The summed E-state index contributed by atoms with van der Waals surface area (Å²) in [6.45, 7) is 0. The molecule has 1 amide bonds. The van der Waals surface area contributed by atoms with Gasteiger partial charge in [0.2, 0.25) is 0 Å². The van der Waals surface area contributed by atoms with E-state index in [0.29, 0.717) is 22.6 Å². The van der Waals surface area contributed by atoms with Crippen LogP contribution in [0.2, 0.25) is 0 Å². The van der Waals surface area contributed by atoms with Crippen molar-refractivity contribution in [2.45, 2.75) is 37.1 Å². The Labute approximate surface area is 115 Å². The van der Waals surface area contributed by atoms with Crippen LogP contribution in [0.5, 0.6) is 0 Å². The number of hydrogen-bond acceptors (Lipinski definition) is 4. The number of carbonyl (C=O) groups excluding carboxylic acids is 1. The van der Waals surface area contributed by atoms with E-state index in [2.05, 4.69) is 26.3 Å². The van der Waals surface area contributed by atoms with E-state index in [4.69, 9.17) is 5.26 Å². The van der Waals surface area contributed by atoms with Crippen LogP contribution in [0.25, 0.3) is 11.2 Å². The van der Waals surface area contributed by atoms with E-state index in [-0.39, 0.29) is 5.91 Å². The molecule has 6 heteroatoms. The van der Waals surface area contributed by atoms with Gasteiger partial charge in [0.1, 0.15) is 11.1 Å². The summed E-state index contributed by atoms with van der Waals surface area (Å²) >= 11 is 0. The highest BCUT2D eigenvalue weighted by Crippen LogP contribution is 2.39. The summed E-state index contributed by atoms with van der Waals surface area (Å²) in [4.78, 5) is 24.1. The quantitative estimate of drug-likeness (QED) is 0.883. The minimum atomic E-state index is -0.664. The number of aromatic nitrogens is 3. The number of H-pyrrole nitrogens is 1. The van der Waals surface area contributed by atoms with Gasteiger partial charge in [0, 0.05) is 12.1 Å². The van der Waals surface area contributed by atoms with Crippen molar-refractivity contribution in [3.05, 3.63) is 23.7 Å². The largest absolute Gasteiger partial charge is 0.344 e. The number of nitrogens with one attached hydrogen (secondary N) is 2. The van der Waals surface area contributed by atoms with Gasteiger partial charge in [-0.3, -0.25) is 4.79 Å². The Morgan fingerprint density at radius 3 is 2.95 bits per heavy atom. The van der Waals surface area contributed by atoms with Crippen LogP contribution in [0.15, 0.2) is 12.4 Å². The van der Waals surface area contributed by atoms with Crippen molar-refractivity contribution in [2.75, 3.05) is 0 Å². The maximum Gasteiger partial charge on any atom is 0.256 e. The number of hydrogen-bond donors (Lipinski definition) is 2. The number of fused-ring (bicyclic) bond motifs is 1. The zero-order valence-corrected chi connectivity index (χ0v) is 10.8. The van der Waals surface area contributed by atoms with Crippen molar-refractivity contribution in [1.82, 2.24) is 20.3 Å². The van der Waals surface area contributed by atoms with Crippen LogP contribution in [0.3, 0.4) is 0 Å². The van der Waals surface area contributed by atoms with Gasteiger partial charge in [0.05, 0.1) is 23.5 Å². The van der Waals surface area contributed by atoms with Crippen molar-refractivity contribution in [3.63, 3.8) is 0 Å². The fourth-order valence-electron chi connectivity index (χ4n) is 2.33. The number of aromatic amines is 1. The van der Waals surface area contributed by atoms with Crippen LogP contribution < -0.4 is 5.32 Å². The van der Waals surface area contributed by atoms with Crippen molar-refractivity contribution in [1.29, 1.82) is 5.26 Å². The molecule has 4 rings (SSSR count). The summed E-state index contributed by atoms with van der Waals surface area (Å²) in [7, 11) is 0. The molecule has 2 fully saturated rings. The Morgan fingerprint density at radius 2 is 2.30 bits per heavy atom. The summed E-state index contributed by atoms with van der Waals surface area (Å²) < 4.78 is 0. The Kier molecular flexibility index (Phi) is 2.16. The van der Waals surface area contributed by atoms with Crippen LogP contribution in [0.1, 0.15) is 47.7 Å². The van der Waals surface area contributed by atoms with Gasteiger partial charge < -0.3 is 10.3 Å². The highest BCUT2D eigenvalue weighted by atomic mass is 16.1. The molecule has 2 N–H and O–H groups in total. The maximum absolute atomic E-state index is 12.3. The Bertz CT molecular complexity index is 749. The third kappa shape index (κ3) is 1.74. The molecular weight excluding hydrogens is 254 g/mol. The molecule has 2 aliphatic rings. The first-order chi connectivity index (χ1) is 9.71. The SMILES string of the molecule is N#CC1(NC(=O)c2c[nH]c3ncc(C4CC4)nc23)CC1. The third-order valence-electron chi connectivity index (χ3n) is 3.96. The standard InChI is InChI=1S/C14H13N5O/c15-7-14(3-4-14)19-13(20)9-5-16-12-11(9)18-10(6-17-12)8-1-2-8/h5-6,8H,1-4H2,(H,16,17)(H,19,20). The number of amides is 1. The molecule has 2 saturated carbocycles. The number of carbonyl (C=O) groups is 1. The molecule has 2 heterocycles. The van der Waals surface area contributed by atoms with Crippen LogP contribution >= 0.6 is 0 Å². The molecule has 0 bridgehead atoms. The van der Waals surface area contributed by atoms with Crippen LogP contribution in [0, 0.1) is 11.3 Å². The van der Waals surface area contributed by atoms with E-state index >= 15 is 0 Å². The third-order valence-corrected chi connectivity index (χ3v) is 3.96. The molecule has 0 aliphatic heterocycles. The molecule has 2 aliphatic carbocycles. The molecule has 0 aromatic carbocycles. The van der Waals surface area contributed by atoms with E-state index in [0.717, 1.165) is 31.4 Å². The summed E-state index contributed by atoms with van der Waals surface area (Å²) in [5, 5.41) is 11.8. The fraction of sp³-hybridized carbons (Fsp3) is 0.429. The second-order valence-electron chi connectivity index (χ2n) is 5.62. The molecule has 2 aromatic rings. The van der Waals surface area contributed by atoms with Gasteiger partial charge in [-0.25, -0.2) is 9.97 Å². The Hall–Kier alpha value is -2.42. The lowest BCUT2D eigenvalue weighted by atomic mass is 10.2. The second kappa shape index (κ2) is 3.79. The lowest BCUT2D eigenvalue weighted by Crippen LogP contribution is -2.35. The maximum atomic E-state index is 12.3. The fourth-order valence-corrected chi connectivity index (χ4v) is 2.33. The highest BCUT2D eigenvalue weighted by molar-refractivity contribution is 6.05. The number of nitrogens with zero attached hydrogens (tertiary/aromatic N) is 3. The Morgan fingerprint density at radius 1 is 1.50 bits per heavy atom. The molecule has 100 valence electrons. The van der Waals surface area contributed by atoms with E-state index in [1.54, 1.807) is 12.4 Å². The highest BCUT2D eigenvalue weighted by Gasteiger charge is 2.45. The first kappa shape index (κ1) is 11.4. The summed E-state index contributed by atoms with van der Waals surface area (Å²) in [6.07, 6.45) is 7.11. The molecule has 0 radical (unpaired) electrons. The van der Waals surface area contributed by atoms with Gasteiger partial charge in [-0.2, -0.15) is 5.26 Å². The summed E-state index contributed by atoms with van der Waals surface area (Å²) in [6, 6.07) is 2.15. The average molecular weight is 267 g/mol. The van der Waals surface area contributed by atoms with E-state index in [1.807, 2.05) is 0 Å². The topological polar surface area (TPSA) is 94.5 Å². The molecule has 2 aromatic heterocycles. The van der Waals surface area contributed by atoms with Crippen LogP contribution in [-0.2, 0) is 0 Å². The van der Waals surface area contributed by atoms with Crippen molar-refractivity contribution < 1.29 is 4.79 Å². The van der Waals surface area contributed by atoms with Crippen molar-refractivity contribution in [2.24, 2.45) is 0 Å².